The van der Waals surface area contributed by atoms with Gasteiger partial charge >= 0.3 is 0 Å². The van der Waals surface area contributed by atoms with Gasteiger partial charge in [-0.3, -0.25) is 4.79 Å². The Morgan fingerprint density at radius 3 is 2.48 bits per heavy atom. The van der Waals surface area contributed by atoms with Gasteiger partial charge in [-0.05, 0) is 43.6 Å². The van der Waals surface area contributed by atoms with Crippen LogP contribution in [0.4, 0.5) is 0 Å². The maximum Gasteiger partial charge on any atom is 0.142 e. The van der Waals surface area contributed by atoms with Gasteiger partial charge in [-0.15, -0.1) is 6.58 Å². The molecule has 3 aliphatic carbocycles. The second-order valence-electron chi connectivity index (χ2n) is 9.10. The predicted octanol–water partition coefficient (Wildman–Crippen LogP) is 3.41. The highest BCUT2D eigenvalue weighted by Gasteiger charge is 2.68. The van der Waals surface area contributed by atoms with Crippen LogP contribution in [0, 0.1) is 22.2 Å². The van der Waals surface area contributed by atoms with Gasteiger partial charge in [0.05, 0.1) is 17.1 Å². The zero-order chi connectivity index (χ0) is 17.3. The lowest BCUT2D eigenvalue weighted by atomic mass is 9.42. The van der Waals surface area contributed by atoms with Crippen molar-refractivity contribution >= 4 is 5.78 Å². The summed E-state index contributed by atoms with van der Waals surface area (Å²) < 4.78 is 0. The quantitative estimate of drug-likeness (QED) is 0.729. The Bertz CT molecular complexity index is 590. The lowest BCUT2D eigenvalue weighted by molar-refractivity contribution is -0.199. The maximum atomic E-state index is 13.0. The number of carbonyl (C=O) groups is 1. The highest BCUT2D eigenvalue weighted by atomic mass is 16.3. The van der Waals surface area contributed by atoms with E-state index >= 15 is 0 Å². The van der Waals surface area contributed by atoms with Crippen LogP contribution in [-0.4, -0.2) is 27.7 Å². The van der Waals surface area contributed by atoms with Gasteiger partial charge in [0.1, 0.15) is 5.78 Å². The van der Waals surface area contributed by atoms with Gasteiger partial charge in [-0.2, -0.15) is 0 Å². The summed E-state index contributed by atoms with van der Waals surface area (Å²) in [5, 5.41) is 22.5. The highest BCUT2D eigenvalue weighted by molar-refractivity contribution is 5.88. The van der Waals surface area contributed by atoms with Crippen molar-refractivity contribution in [1.29, 1.82) is 0 Å². The van der Waals surface area contributed by atoms with Gasteiger partial charge < -0.3 is 10.2 Å². The van der Waals surface area contributed by atoms with Crippen LogP contribution in [0.25, 0.3) is 0 Å². The van der Waals surface area contributed by atoms with Crippen molar-refractivity contribution in [2.75, 3.05) is 0 Å². The minimum atomic E-state index is -1.13. The molecule has 0 aromatic rings. The zero-order valence-corrected chi connectivity index (χ0v) is 14.9. The maximum absolute atomic E-state index is 13.0. The Kier molecular flexibility index (Phi) is 3.53. The molecule has 3 heteroatoms. The minimum absolute atomic E-state index is 0.108. The van der Waals surface area contributed by atoms with E-state index in [0.717, 1.165) is 18.4 Å². The predicted molar refractivity (Wildman–Crippen MR) is 90.8 cm³/mol. The number of fused-ring (bicyclic) bond motifs is 3. The van der Waals surface area contributed by atoms with E-state index in [1.807, 2.05) is 13.0 Å². The van der Waals surface area contributed by atoms with Gasteiger partial charge in [0, 0.05) is 17.8 Å². The van der Waals surface area contributed by atoms with Crippen LogP contribution in [0.15, 0.2) is 24.3 Å². The van der Waals surface area contributed by atoms with Crippen LogP contribution < -0.4 is 0 Å². The molecule has 0 saturated heterocycles. The number of hydrogen-bond donors (Lipinski definition) is 2. The van der Waals surface area contributed by atoms with Crippen molar-refractivity contribution in [1.82, 2.24) is 0 Å². The number of rotatable bonds is 1. The molecule has 5 atom stereocenters. The number of carbonyl (C=O) groups excluding carboxylic acids is 1. The summed E-state index contributed by atoms with van der Waals surface area (Å²) in [5.74, 6) is -0.0948. The second-order valence-corrected chi connectivity index (χ2v) is 9.10. The number of aliphatic hydroxyl groups excluding tert-OH is 1. The molecule has 0 bridgehead atoms. The average Bonchev–Trinajstić information content (AvgIpc) is 2.46. The summed E-state index contributed by atoms with van der Waals surface area (Å²) in [6.07, 6.45) is 6.44. The third-order valence-corrected chi connectivity index (χ3v) is 7.24. The molecule has 3 nitrogen and oxygen atoms in total. The molecule has 0 radical (unpaired) electrons. The Hall–Kier alpha value is -0.930. The molecule has 128 valence electrons. The fourth-order valence-corrected chi connectivity index (χ4v) is 5.72. The standard InChI is InChI=1S/C20H30O3/c1-6-18(4)9-10-20(23)13(12-18)11-14(21)16-17(2,3)8-7-15(22)19(16,20)5/h6,12,14,16,21,23H,1,7-11H2,2-5H3. The summed E-state index contributed by atoms with van der Waals surface area (Å²) >= 11 is 0. The lowest BCUT2D eigenvalue weighted by Gasteiger charge is -2.63. The zero-order valence-electron chi connectivity index (χ0n) is 14.9. The van der Waals surface area contributed by atoms with E-state index in [1.54, 1.807) is 0 Å². The largest absolute Gasteiger partial charge is 0.392 e. The van der Waals surface area contributed by atoms with Gasteiger partial charge in [0.15, 0.2) is 0 Å². The third-order valence-electron chi connectivity index (χ3n) is 7.24. The fourth-order valence-electron chi connectivity index (χ4n) is 5.72. The highest BCUT2D eigenvalue weighted by Crippen LogP contribution is 2.64. The Labute approximate surface area is 139 Å². The van der Waals surface area contributed by atoms with Crippen molar-refractivity contribution in [3.63, 3.8) is 0 Å². The molecule has 0 aliphatic heterocycles. The number of Topliss-reactive ketones (excluding diaryl/α,β-unsaturated/α-hetero) is 1. The van der Waals surface area contributed by atoms with E-state index in [2.05, 4.69) is 33.4 Å². The SMILES string of the molecule is C=CC1(C)C=C2CC(O)C3C(C)(C)CCC(=O)C3(C)C2(O)CC1. The molecule has 23 heavy (non-hydrogen) atoms. The van der Waals surface area contributed by atoms with Gasteiger partial charge in [-0.1, -0.05) is 32.9 Å². The number of hydrogen-bond acceptors (Lipinski definition) is 3. The van der Waals surface area contributed by atoms with Crippen LogP contribution in [0.3, 0.4) is 0 Å². The molecule has 3 aliphatic rings. The van der Waals surface area contributed by atoms with Crippen LogP contribution in [0.2, 0.25) is 0 Å². The molecule has 0 amide bonds. The minimum Gasteiger partial charge on any atom is -0.392 e. The van der Waals surface area contributed by atoms with E-state index < -0.39 is 17.1 Å². The van der Waals surface area contributed by atoms with E-state index in [1.165, 1.54) is 0 Å². The molecule has 3 rings (SSSR count). The van der Waals surface area contributed by atoms with Crippen molar-refractivity contribution in [3.8, 4) is 0 Å². The van der Waals surface area contributed by atoms with E-state index in [0.29, 0.717) is 19.3 Å². The molecular weight excluding hydrogens is 288 g/mol. The third kappa shape index (κ3) is 2.05. The van der Waals surface area contributed by atoms with Crippen molar-refractivity contribution < 1.29 is 15.0 Å². The van der Waals surface area contributed by atoms with Crippen molar-refractivity contribution in [2.24, 2.45) is 22.2 Å². The molecule has 5 unspecified atom stereocenters. The number of ketones is 1. The lowest BCUT2D eigenvalue weighted by Crippen LogP contribution is -2.68. The normalized spacial score (nSPS) is 49.0. The molecule has 2 fully saturated rings. The summed E-state index contributed by atoms with van der Waals surface area (Å²) in [7, 11) is 0. The van der Waals surface area contributed by atoms with Gasteiger partial charge in [0.2, 0.25) is 0 Å². The summed E-state index contributed by atoms with van der Waals surface area (Å²) in [6.45, 7) is 12.2. The van der Waals surface area contributed by atoms with E-state index in [9.17, 15) is 15.0 Å². The summed E-state index contributed by atoms with van der Waals surface area (Å²) in [6, 6.07) is 0. The molecule has 2 saturated carbocycles. The molecule has 0 aromatic carbocycles. The molecular formula is C20H30O3. The Morgan fingerprint density at radius 1 is 1.22 bits per heavy atom. The average molecular weight is 318 g/mol. The molecule has 0 aromatic heterocycles. The Balaban J connectivity index is 2.18. The van der Waals surface area contributed by atoms with Gasteiger partial charge in [0.25, 0.3) is 0 Å². The van der Waals surface area contributed by atoms with E-state index in [4.69, 9.17) is 0 Å². The summed E-state index contributed by atoms with van der Waals surface area (Å²) in [5.41, 5.74) is -1.52. The van der Waals surface area contributed by atoms with Crippen LogP contribution in [-0.2, 0) is 4.79 Å². The van der Waals surface area contributed by atoms with Crippen molar-refractivity contribution in [2.45, 2.75) is 71.5 Å². The summed E-state index contributed by atoms with van der Waals surface area (Å²) in [4.78, 5) is 13.0. The number of aliphatic hydroxyl groups is 2. The first-order valence-electron chi connectivity index (χ1n) is 8.80. The fraction of sp³-hybridized carbons (Fsp3) is 0.750. The Morgan fingerprint density at radius 2 is 1.87 bits per heavy atom. The molecule has 0 heterocycles. The van der Waals surface area contributed by atoms with Crippen molar-refractivity contribution in [3.05, 3.63) is 24.3 Å². The second kappa shape index (κ2) is 4.80. The van der Waals surface area contributed by atoms with Crippen LogP contribution >= 0.6 is 0 Å². The number of allylic oxidation sites excluding steroid dienone is 2. The first-order valence-corrected chi connectivity index (χ1v) is 8.80. The first-order chi connectivity index (χ1) is 10.5. The van der Waals surface area contributed by atoms with Crippen LogP contribution in [0.5, 0.6) is 0 Å². The smallest absolute Gasteiger partial charge is 0.142 e. The van der Waals surface area contributed by atoms with Gasteiger partial charge in [-0.25, -0.2) is 0 Å². The van der Waals surface area contributed by atoms with E-state index in [-0.39, 0.29) is 22.5 Å². The molecule has 2 N–H and O–H groups in total. The first kappa shape index (κ1) is 16.9. The monoisotopic (exact) mass is 318 g/mol. The topological polar surface area (TPSA) is 57.5 Å². The van der Waals surface area contributed by atoms with Crippen LogP contribution in [0.1, 0.15) is 59.8 Å². The molecule has 0 spiro atoms.